The number of hydrogen-bond acceptors (Lipinski definition) is 3. The van der Waals surface area contributed by atoms with Crippen molar-refractivity contribution in [3.8, 4) is 0 Å². The quantitative estimate of drug-likeness (QED) is 0.733. The molecule has 1 atom stereocenters. The maximum atomic E-state index is 12.2. The topological polar surface area (TPSA) is 58.2 Å². The highest BCUT2D eigenvalue weighted by molar-refractivity contribution is 7.98. The fourth-order valence-electron chi connectivity index (χ4n) is 2.49. The molecule has 0 bridgehead atoms. The first kappa shape index (κ1) is 13.7. The van der Waals surface area contributed by atoms with Gasteiger partial charge in [0.1, 0.15) is 6.04 Å². The Kier molecular flexibility index (Phi) is 4.20. The number of rotatable bonds is 7. The summed E-state index contributed by atoms with van der Waals surface area (Å²) in [4.78, 5) is 23.4. The Morgan fingerprint density at radius 2 is 2.06 bits per heavy atom. The zero-order chi connectivity index (χ0) is 13.2. The lowest BCUT2D eigenvalue weighted by Gasteiger charge is -2.22. The van der Waals surface area contributed by atoms with E-state index in [2.05, 4.69) is 10.6 Å². The first-order valence-corrected chi connectivity index (χ1v) is 8.05. The summed E-state index contributed by atoms with van der Waals surface area (Å²) in [6, 6.07) is -0.369. The van der Waals surface area contributed by atoms with Gasteiger partial charge < -0.3 is 10.6 Å². The average molecular weight is 270 g/mol. The van der Waals surface area contributed by atoms with E-state index in [1.807, 2.05) is 6.26 Å². The predicted molar refractivity (Wildman–Crippen MR) is 73.4 cm³/mol. The van der Waals surface area contributed by atoms with Crippen LogP contribution in [-0.4, -0.2) is 35.4 Å². The van der Waals surface area contributed by atoms with Gasteiger partial charge in [0.15, 0.2) is 0 Å². The lowest BCUT2D eigenvalue weighted by Crippen LogP contribution is -2.51. The molecule has 0 saturated heterocycles. The Morgan fingerprint density at radius 3 is 2.50 bits per heavy atom. The van der Waals surface area contributed by atoms with Crippen LogP contribution in [0.3, 0.4) is 0 Å². The Bertz CT molecular complexity index is 338. The Labute approximate surface area is 113 Å². The molecule has 0 aromatic carbocycles. The van der Waals surface area contributed by atoms with E-state index in [0.29, 0.717) is 12.3 Å². The zero-order valence-electron chi connectivity index (χ0n) is 11.1. The van der Waals surface area contributed by atoms with Gasteiger partial charge >= 0.3 is 0 Å². The van der Waals surface area contributed by atoms with Crippen LogP contribution in [0.5, 0.6) is 0 Å². The number of nitrogens with one attached hydrogen (secondary N) is 2. The van der Waals surface area contributed by atoms with Crippen LogP contribution in [-0.2, 0) is 9.59 Å². The minimum absolute atomic E-state index is 0.00338. The van der Waals surface area contributed by atoms with Gasteiger partial charge in [0.05, 0.1) is 0 Å². The lowest BCUT2D eigenvalue weighted by atomic mass is 10.1. The molecule has 2 fully saturated rings. The van der Waals surface area contributed by atoms with Crippen LogP contribution in [0, 0.1) is 5.92 Å². The maximum absolute atomic E-state index is 12.2. The van der Waals surface area contributed by atoms with E-state index in [9.17, 15) is 9.59 Å². The first-order valence-electron chi connectivity index (χ1n) is 6.65. The molecule has 4 nitrogen and oxygen atoms in total. The van der Waals surface area contributed by atoms with E-state index in [0.717, 1.165) is 18.6 Å². The molecule has 0 aromatic rings. The average Bonchev–Trinajstić information content (AvgIpc) is 3.13. The second kappa shape index (κ2) is 5.51. The van der Waals surface area contributed by atoms with Gasteiger partial charge in [-0.25, -0.2) is 0 Å². The molecule has 2 rings (SSSR count). The van der Waals surface area contributed by atoms with Crippen LogP contribution in [0.15, 0.2) is 0 Å². The molecule has 2 aliphatic carbocycles. The van der Waals surface area contributed by atoms with Crippen molar-refractivity contribution >= 4 is 23.6 Å². The molecule has 0 spiro atoms. The van der Waals surface area contributed by atoms with Crippen molar-refractivity contribution < 1.29 is 9.59 Å². The Morgan fingerprint density at radius 1 is 1.39 bits per heavy atom. The van der Waals surface area contributed by atoms with Crippen molar-refractivity contribution in [2.75, 3.05) is 12.0 Å². The van der Waals surface area contributed by atoms with Gasteiger partial charge in [0, 0.05) is 12.5 Å². The first-order chi connectivity index (χ1) is 8.57. The lowest BCUT2D eigenvalue weighted by molar-refractivity contribution is -0.128. The highest BCUT2D eigenvalue weighted by Crippen LogP contribution is 2.53. The minimum Gasteiger partial charge on any atom is -0.349 e. The molecule has 2 saturated carbocycles. The van der Waals surface area contributed by atoms with Crippen molar-refractivity contribution in [1.29, 1.82) is 0 Å². The van der Waals surface area contributed by atoms with Gasteiger partial charge in [-0.15, -0.1) is 0 Å². The fraction of sp³-hybridized carbons (Fsp3) is 0.846. The summed E-state index contributed by atoms with van der Waals surface area (Å²) in [5, 5.41) is 5.94. The van der Waals surface area contributed by atoms with Crippen molar-refractivity contribution in [2.24, 2.45) is 5.92 Å². The molecule has 18 heavy (non-hydrogen) atoms. The van der Waals surface area contributed by atoms with E-state index in [1.54, 1.807) is 11.8 Å². The normalized spacial score (nSPS) is 22.1. The second-order valence-electron chi connectivity index (χ2n) is 5.45. The van der Waals surface area contributed by atoms with Gasteiger partial charge in [-0.1, -0.05) is 0 Å². The summed E-state index contributed by atoms with van der Waals surface area (Å²) >= 11 is 1.70. The number of hydrogen-bond donors (Lipinski definition) is 2. The number of thioether (sulfide) groups is 1. The van der Waals surface area contributed by atoms with Crippen LogP contribution < -0.4 is 10.6 Å². The van der Waals surface area contributed by atoms with Gasteiger partial charge in [-0.05, 0) is 50.0 Å². The molecule has 0 radical (unpaired) electrons. The summed E-state index contributed by atoms with van der Waals surface area (Å²) in [5.74, 6) is 1.45. The third-order valence-corrected chi connectivity index (χ3v) is 4.47. The summed E-state index contributed by atoms with van der Waals surface area (Å²) in [6.45, 7) is 1.47. The van der Waals surface area contributed by atoms with E-state index in [-0.39, 0.29) is 23.4 Å². The minimum atomic E-state index is -0.369. The SMILES string of the molecule is CSCC[C@H](NC(C)=O)C(=O)NC1(C2CC2)CC1. The Hall–Kier alpha value is -0.710. The predicted octanol–water partition coefficient (Wildman–Crippen LogP) is 1.30. The Balaban J connectivity index is 1.87. The molecular formula is C13H22N2O2S. The van der Waals surface area contributed by atoms with Crippen LogP contribution in [0.1, 0.15) is 39.0 Å². The van der Waals surface area contributed by atoms with Crippen molar-refractivity contribution in [2.45, 2.75) is 50.6 Å². The monoisotopic (exact) mass is 270 g/mol. The molecule has 5 heteroatoms. The van der Waals surface area contributed by atoms with Gasteiger partial charge in [-0.2, -0.15) is 11.8 Å². The standard InChI is InChI=1S/C13H22N2O2S/c1-9(16)14-11(5-8-18-2)12(17)15-13(6-7-13)10-3-4-10/h10-11H,3-8H2,1-2H3,(H,14,16)(H,15,17)/t11-/m0/s1. The number of carbonyl (C=O) groups excluding carboxylic acids is 2. The van der Waals surface area contributed by atoms with E-state index >= 15 is 0 Å². The van der Waals surface area contributed by atoms with Gasteiger partial charge in [-0.3, -0.25) is 9.59 Å². The maximum Gasteiger partial charge on any atom is 0.243 e. The third-order valence-electron chi connectivity index (χ3n) is 3.82. The van der Waals surface area contributed by atoms with Crippen molar-refractivity contribution in [1.82, 2.24) is 10.6 Å². The molecule has 2 amide bonds. The fourth-order valence-corrected chi connectivity index (χ4v) is 2.96. The summed E-state index contributed by atoms with van der Waals surface area (Å²) in [6.07, 6.45) is 7.42. The molecule has 0 heterocycles. The molecule has 0 unspecified atom stereocenters. The summed E-state index contributed by atoms with van der Waals surface area (Å²) < 4.78 is 0. The third kappa shape index (κ3) is 3.40. The zero-order valence-corrected chi connectivity index (χ0v) is 11.9. The second-order valence-corrected chi connectivity index (χ2v) is 6.44. The van der Waals surface area contributed by atoms with E-state index in [4.69, 9.17) is 0 Å². The number of amides is 2. The molecular weight excluding hydrogens is 248 g/mol. The van der Waals surface area contributed by atoms with E-state index in [1.165, 1.54) is 19.8 Å². The van der Waals surface area contributed by atoms with Crippen LogP contribution in [0.25, 0.3) is 0 Å². The van der Waals surface area contributed by atoms with Crippen LogP contribution in [0.2, 0.25) is 0 Å². The molecule has 2 aliphatic rings. The molecule has 102 valence electrons. The van der Waals surface area contributed by atoms with Crippen molar-refractivity contribution in [3.63, 3.8) is 0 Å². The van der Waals surface area contributed by atoms with Crippen LogP contribution >= 0.6 is 11.8 Å². The molecule has 0 aliphatic heterocycles. The highest BCUT2D eigenvalue weighted by Gasteiger charge is 2.55. The molecule has 0 aromatic heterocycles. The smallest absolute Gasteiger partial charge is 0.243 e. The molecule has 2 N–H and O–H groups in total. The highest BCUT2D eigenvalue weighted by atomic mass is 32.2. The number of carbonyl (C=O) groups is 2. The van der Waals surface area contributed by atoms with Gasteiger partial charge in [0.2, 0.25) is 11.8 Å². The summed E-state index contributed by atoms with van der Waals surface area (Å²) in [7, 11) is 0. The van der Waals surface area contributed by atoms with E-state index < -0.39 is 0 Å². The van der Waals surface area contributed by atoms with Crippen molar-refractivity contribution in [3.05, 3.63) is 0 Å². The van der Waals surface area contributed by atoms with Crippen LogP contribution in [0.4, 0.5) is 0 Å². The van der Waals surface area contributed by atoms with Gasteiger partial charge in [0.25, 0.3) is 0 Å². The summed E-state index contributed by atoms with van der Waals surface area (Å²) in [5.41, 5.74) is 0.0904. The largest absolute Gasteiger partial charge is 0.349 e.